The molecule has 2 aromatic rings. The summed E-state index contributed by atoms with van der Waals surface area (Å²) in [5, 5.41) is 0.956. The third-order valence-corrected chi connectivity index (χ3v) is 1.84. The first-order valence-corrected chi connectivity index (χ1v) is 4.99. The van der Waals surface area contributed by atoms with Crippen molar-refractivity contribution in [3.8, 4) is 0 Å². The number of pyridine rings is 1. The molecule has 0 aliphatic carbocycles. The molecule has 0 radical (unpaired) electrons. The molecule has 2 aromatic heterocycles. The molecule has 0 amide bonds. The molecule has 0 aliphatic rings. The normalized spacial score (nSPS) is 9.27. The first-order chi connectivity index (χ1) is 7.29. The van der Waals surface area contributed by atoms with E-state index in [0.717, 1.165) is 22.2 Å². The lowest BCUT2D eigenvalue weighted by molar-refractivity contribution is 1.18. The van der Waals surface area contributed by atoms with Crippen molar-refractivity contribution in [1.82, 2.24) is 15.0 Å². The molecule has 0 saturated heterocycles. The molecule has 3 nitrogen and oxygen atoms in total. The van der Waals surface area contributed by atoms with E-state index in [1.165, 1.54) is 0 Å². The molecule has 0 fully saturated rings. The zero-order valence-corrected chi connectivity index (χ0v) is 9.36. The molecular weight excluding hydrogens is 186 g/mol. The lowest BCUT2D eigenvalue weighted by atomic mass is 10.1. The summed E-state index contributed by atoms with van der Waals surface area (Å²) < 4.78 is 0. The van der Waals surface area contributed by atoms with E-state index in [9.17, 15) is 0 Å². The Balaban J connectivity index is 0.000000531. The van der Waals surface area contributed by atoms with Crippen molar-refractivity contribution < 1.29 is 0 Å². The van der Waals surface area contributed by atoms with Crippen LogP contribution in [0.5, 0.6) is 0 Å². The van der Waals surface area contributed by atoms with Crippen LogP contribution in [-0.2, 0) is 0 Å². The number of aromatic nitrogens is 3. The van der Waals surface area contributed by atoms with E-state index >= 15 is 0 Å². The van der Waals surface area contributed by atoms with E-state index < -0.39 is 0 Å². The van der Waals surface area contributed by atoms with E-state index in [2.05, 4.69) is 21.5 Å². The molecule has 0 aliphatic heterocycles. The summed E-state index contributed by atoms with van der Waals surface area (Å²) in [5.74, 6) is 0. The van der Waals surface area contributed by atoms with Crippen LogP contribution in [-0.4, -0.2) is 15.0 Å². The molecular formula is C12H15N3. The summed E-state index contributed by atoms with van der Waals surface area (Å²) in [4.78, 5) is 12.3. The van der Waals surface area contributed by atoms with Crippen molar-refractivity contribution in [3.05, 3.63) is 37.1 Å². The predicted octanol–water partition coefficient (Wildman–Crippen LogP) is 3.08. The van der Waals surface area contributed by atoms with E-state index in [-0.39, 0.29) is 0 Å². The van der Waals surface area contributed by atoms with Crippen molar-refractivity contribution >= 4 is 16.5 Å². The Morgan fingerprint density at radius 3 is 2.67 bits per heavy atom. The Hall–Kier alpha value is -1.77. The predicted molar refractivity (Wildman–Crippen MR) is 63.4 cm³/mol. The Morgan fingerprint density at radius 2 is 2.00 bits per heavy atom. The topological polar surface area (TPSA) is 38.7 Å². The molecule has 0 saturated carbocycles. The standard InChI is InChI=1S/C10H9N3.C2H6/c1-7(2)10-8-5-11-4-3-9(8)12-6-13-10;1-2/h3-6H,1H2,2H3;1-2H3. The van der Waals surface area contributed by atoms with Crippen molar-refractivity contribution in [3.63, 3.8) is 0 Å². The number of allylic oxidation sites excluding steroid dienone is 1. The molecule has 3 heteroatoms. The Labute approximate surface area is 89.9 Å². The van der Waals surface area contributed by atoms with Gasteiger partial charge >= 0.3 is 0 Å². The number of rotatable bonds is 1. The van der Waals surface area contributed by atoms with Gasteiger partial charge in [-0.1, -0.05) is 20.4 Å². The van der Waals surface area contributed by atoms with Crippen LogP contribution in [0.3, 0.4) is 0 Å². The van der Waals surface area contributed by atoms with Gasteiger partial charge in [0.05, 0.1) is 11.2 Å². The number of fused-ring (bicyclic) bond motifs is 1. The highest BCUT2D eigenvalue weighted by molar-refractivity contribution is 5.87. The molecule has 0 aromatic carbocycles. The maximum Gasteiger partial charge on any atom is 0.116 e. The molecule has 0 N–H and O–H groups in total. The van der Waals surface area contributed by atoms with Gasteiger partial charge in [0.15, 0.2) is 0 Å². The lowest BCUT2D eigenvalue weighted by Gasteiger charge is -2.01. The summed E-state index contributed by atoms with van der Waals surface area (Å²) in [7, 11) is 0. The molecule has 0 atom stereocenters. The van der Waals surface area contributed by atoms with Gasteiger partial charge < -0.3 is 0 Å². The van der Waals surface area contributed by atoms with Gasteiger partial charge in [-0.15, -0.1) is 0 Å². The molecule has 15 heavy (non-hydrogen) atoms. The summed E-state index contributed by atoms with van der Waals surface area (Å²) in [6, 6.07) is 1.86. The van der Waals surface area contributed by atoms with Crippen LogP contribution in [0.1, 0.15) is 26.5 Å². The van der Waals surface area contributed by atoms with Gasteiger partial charge in [0.2, 0.25) is 0 Å². The van der Waals surface area contributed by atoms with E-state index in [4.69, 9.17) is 0 Å². The minimum absolute atomic E-state index is 0.873. The second kappa shape index (κ2) is 5.20. The third kappa shape index (κ3) is 2.37. The smallest absolute Gasteiger partial charge is 0.116 e. The maximum absolute atomic E-state index is 4.16. The summed E-state index contributed by atoms with van der Waals surface area (Å²) >= 11 is 0. The van der Waals surface area contributed by atoms with Crippen LogP contribution >= 0.6 is 0 Å². The number of hydrogen-bond donors (Lipinski definition) is 0. The van der Waals surface area contributed by atoms with E-state index in [0.29, 0.717) is 0 Å². The van der Waals surface area contributed by atoms with Gasteiger partial charge in [0, 0.05) is 17.8 Å². The summed E-state index contributed by atoms with van der Waals surface area (Å²) in [6.07, 6.45) is 5.03. The highest BCUT2D eigenvalue weighted by Gasteiger charge is 2.02. The average Bonchev–Trinajstić information content (AvgIpc) is 2.31. The Morgan fingerprint density at radius 1 is 1.27 bits per heavy atom. The minimum Gasteiger partial charge on any atom is -0.264 e. The largest absolute Gasteiger partial charge is 0.264 e. The van der Waals surface area contributed by atoms with Crippen LogP contribution in [0, 0.1) is 0 Å². The van der Waals surface area contributed by atoms with Crippen LogP contribution in [0.2, 0.25) is 0 Å². The average molecular weight is 201 g/mol. The fraction of sp³-hybridized carbons (Fsp3) is 0.250. The Bertz CT molecular complexity index is 458. The second-order valence-electron chi connectivity index (χ2n) is 2.90. The minimum atomic E-state index is 0.873. The van der Waals surface area contributed by atoms with Gasteiger partial charge in [0.1, 0.15) is 6.33 Å². The van der Waals surface area contributed by atoms with Crippen LogP contribution < -0.4 is 0 Å². The Kier molecular flexibility index (Phi) is 3.92. The maximum atomic E-state index is 4.16. The van der Waals surface area contributed by atoms with Crippen LogP contribution in [0.4, 0.5) is 0 Å². The fourth-order valence-corrected chi connectivity index (χ4v) is 1.24. The van der Waals surface area contributed by atoms with Gasteiger partial charge in [-0.25, -0.2) is 9.97 Å². The highest BCUT2D eigenvalue weighted by Crippen LogP contribution is 2.18. The summed E-state index contributed by atoms with van der Waals surface area (Å²) in [6.45, 7) is 9.78. The van der Waals surface area contributed by atoms with Crippen molar-refractivity contribution in [2.24, 2.45) is 0 Å². The van der Waals surface area contributed by atoms with Crippen LogP contribution in [0.25, 0.3) is 16.5 Å². The van der Waals surface area contributed by atoms with Crippen molar-refractivity contribution in [1.29, 1.82) is 0 Å². The molecule has 2 rings (SSSR count). The third-order valence-electron chi connectivity index (χ3n) is 1.84. The van der Waals surface area contributed by atoms with Gasteiger partial charge in [0.25, 0.3) is 0 Å². The van der Waals surface area contributed by atoms with Gasteiger partial charge in [-0.05, 0) is 18.6 Å². The van der Waals surface area contributed by atoms with Gasteiger partial charge in [-0.2, -0.15) is 0 Å². The zero-order chi connectivity index (χ0) is 11.3. The zero-order valence-electron chi connectivity index (χ0n) is 9.36. The first-order valence-electron chi connectivity index (χ1n) is 4.99. The van der Waals surface area contributed by atoms with Crippen molar-refractivity contribution in [2.45, 2.75) is 20.8 Å². The SMILES string of the molecule is C=C(C)c1ncnc2ccncc12.CC. The highest BCUT2D eigenvalue weighted by atomic mass is 14.8. The lowest BCUT2D eigenvalue weighted by Crippen LogP contribution is -1.90. The number of nitrogens with zero attached hydrogens (tertiary/aromatic N) is 3. The quantitative estimate of drug-likeness (QED) is 0.711. The molecule has 0 bridgehead atoms. The fourth-order valence-electron chi connectivity index (χ4n) is 1.24. The van der Waals surface area contributed by atoms with Crippen molar-refractivity contribution in [2.75, 3.05) is 0 Å². The molecule has 78 valence electrons. The second-order valence-corrected chi connectivity index (χ2v) is 2.90. The first kappa shape index (κ1) is 11.3. The number of hydrogen-bond acceptors (Lipinski definition) is 3. The van der Waals surface area contributed by atoms with E-state index in [1.54, 1.807) is 18.7 Å². The molecule has 0 unspecified atom stereocenters. The van der Waals surface area contributed by atoms with Gasteiger partial charge in [-0.3, -0.25) is 4.98 Å². The molecule has 2 heterocycles. The van der Waals surface area contributed by atoms with Crippen LogP contribution in [0.15, 0.2) is 31.4 Å². The summed E-state index contributed by atoms with van der Waals surface area (Å²) in [5.41, 5.74) is 2.71. The molecule has 0 spiro atoms. The monoisotopic (exact) mass is 201 g/mol. The van der Waals surface area contributed by atoms with E-state index in [1.807, 2.05) is 26.8 Å².